The summed E-state index contributed by atoms with van der Waals surface area (Å²) in [5, 5.41) is 5.63. The van der Waals surface area contributed by atoms with Crippen LogP contribution in [-0.2, 0) is 4.79 Å². The molecule has 1 aliphatic heterocycles. The molecular formula is C14H21N3OS. The van der Waals surface area contributed by atoms with E-state index in [4.69, 9.17) is 0 Å². The second kappa shape index (κ2) is 4.89. The summed E-state index contributed by atoms with van der Waals surface area (Å²) in [5.41, 5.74) is -0.223. The molecule has 1 aliphatic carbocycles. The van der Waals surface area contributed by atoms with Crippen LogP contribution in [0.4, 0.5) is 0 Å². The van der Waals surface area contributed by atoms with Crippen LogP contribution >= 0.6 is 11.3 Å². The molecule has 1 N–H and O–H groups in total. The number of rotatable bonds is 5. The van der Waals surface area contributed by atoms with Crippen LogP contribution in [0.5, 0.6) is 0 Å². The van der Waals surface area contributed by atoms with E-state index in [-0.39, 0.29) is 11.7 Å². The Morgan fingerprint density at radius 1 is 1.58 bits per heavy atom. The highest BCUT2D eigenvalue weighted by Gasteiger charge is 2.59. The van der Waals surface area contributed by atoms with Gasteiger partial charge in [-0.2, -0.15) is 0 Å². The molecule has 0 aromatic carbocycles. The fourth-order valence-electron chi connectivity index (χ4n) is 2.62. The number of amides is 1. The monoisotopic (exact) mass is 279 g/mol. The van der Waals surface area contributed by atoms with Gasteiger partial charge in [0.25, 0.3) is 0 Å². The molecule has 0 bridgehead atoms. The second-order valence-corrected chi connectivity index (χ2v) is 6.52. The summed E-state index contributed by atoms with van der Waals surface area (Å²) >= 11 is 1.72. The van der Waals surface area contributed by atoms with Gasteiger partial charge in [-0.3, -0.25) is 10.1 Å². The number of nitrogens with one attached hydrogen (secondary N) is 1. The van der Waals surface area contributed by atoms with Crippen LogP contribution in [0.1, 0.15) is 30.8 Å². The molecule has 104 valence electrons. The first kappa shape index (κ1) is 13.1. The molecule has 19 heavy (non-hydrogen) atoms. The quantitative estimate of drug-likeness (QED) is 0.890. The van der Waals surface area contributed by atoms with Gasteiger partial charge in [0.1, 0.15) is 11.7 Å². The Kier molecular flexibility index (Phi) is 3.37. The van der Waals surface area contributed by atoms with Gasteiger partial charge in [0.2, 0.25) is 5.91 Å². The fraction of sp³-hybridized carbons (Fsp3) is 0.643. The molecule has 3 rings (SSSR count). The topological polar surface area (TPSA) is 35.6 Å². The smallest absolute Gasteiger partial charge is 0.244 e. The highest BCUT2D eigenvalue weighted by atomic mass is 32.1. The SMILES string of the molecule is CCN(C)CCN1C(=O)C2(CC2)NC1c1cccs1. The Morgan fingerprint density at radius 3 is 2.95 bits per heavy atom. The molecule has 1 saturated carbocycles. The molecule has 4 nitrogen and oxygen atoms in total. The molecule has 2 fully saturated rings. The average Bonchev–Trinajstić information content (AvgIpc) is 2.89. The molecule has 1 amide bonds. The molecular weight excluding hydrogens is 258 g/mol. The minimum absolute atomic E-state index is 0.0836. The fourth-order valence-corrected chi connectivity index (χ4v) is 3.40. The zero-order chi connectivity index (χ0) is 13.5. The Bertz CT molecular complexity index is 455. The maximum absolute atomic E-state index is 12.5. The first-order valence-corrected chi connectivity index (χ1v) is 7.85. The average molecular weight is 279 g/mol. The van der Waals surface area contributed by atoms with Crippen molar-refractivity contribution in [2.75, 3.05) is 26.7 Å². The van der Waals surface area contributed by atoms with Gasteiger partial charge in [0, 0.05) is 18.0 Å². The Hall–Kier alpha value is -0.910. The maximum atomic E-state index is 12.5. The zero-order valence-electron chi connectivity index (χ0n) is 11.6. The largest absolute Gasteiger partial charge is 0.319 e. The molecule has 1 saturated heterocycles. The van der Waals surface area contributed by atoms with Gasteiger partial charge in [-0.05, 0) is 37.9 Å². The number of carbonyl (C=O) groups is 1. The molecule has 1 spiro atoms. The summed E-state index contributed by atoms with van der Waals surface area (Å²) in [6, 6.07) is 4.17. The maximum Gasteiger partial charge on any atom is 0.244 e. The Morgan fingerprint density at radius 2 is 2.37 bits per heavy atom. The summed E-state index contributed by atoms with van der Waals surface area (Å²) in [6.07, 6.45) is 2.07. The van der Waals surface area contributed by atoms with Crippen molar-refractivity contribution < 1.29 is 4.79 Å². The lowest BCUT2D eigenvalue weighted by Crippen LogP contribution is -2.37. The van der Waals surface area contributed by atoms with Crippen LogP contribution in [0, 0.1) is 0 Å². The number of likely N-dealkylation sites (N-methyl/N-ethyl adjacent to an activating group) is 1. The number of carbonyl (C=O) groups excluding carboxylic acids is 1. The van der Waals surface area contributed by atoms with Crippen LogP contribution in [-0.4, -0.2) is 47.9 Å². The van der Waals surface area contributed by atoms with Crippen LogP contribution in [0.25, 0.3) is 0 Å². The number of thiophene rings is 1. The molecule has 0 radical (unpaired) electrons. The molecule has 1 aromatic heterocycles. The lowest BCUT2D eigenvalue weighted by molar-refractivity contribution is -0.131. The number of hydrogen-bond donors (Lipinski definition) is 1. The van der Waals surface area contributed by atoms with E-state index in [9.17, 15) is 4.79 Å². The van der Waals surface area contributed by atoms with E-state index in [1.807, 2.05) is 4.90 Å². The summed E-state index contributed by atoms with van der Waals surface area (Å²) in [7, 11) is 2.10. The summed E-state index contributed by atoms with van der Waals surface area (Å²) in [6.45, 7) is 4.90. The van der Waals surface area contributed by atoms with Crippen molar-refractivity contribution in [3.05, 3.63) is 22.4 Å². The number of nitrogens with zero attached hydrogens (tertiary/aromatic N) is 2. The van der Waals surface area contributed by atoms with Crippen molar-refractivity contribution in [2.45, 2.75) is 31.5 Å². The molecule has 1 unspecified atom stereocenters. The van der Waals surface area contributed by atoms with Crippen LogP contribution in [0.15, 0.2) is 17.5 Å². The lowest BCUT2D eigenvalue weighted by Gasteiger charge is -2.25. The summed E-state index contributed by atoms with van der Waals surface area (Å²) < 4.78 is 0. The predicted molar refractivity (Wildman–Crippen MR) is 77.0 cm³/mol. The van der Waals surface area contributed by atoms with E-state index in [0.717, 1.165) is 32.5 Å². The van der Waals surface area contributed by atoms with E-state index in [1.54, 1.807) is 11.3 Å². The van der Waals surface area contributed by atoms with Gasteiger partial charge in [-0.25, -0.2) is 0 Å². The zero-order valence-corrected chi connectivity index (χ0v) is 12.4. The highest BCUT2D eigenvalue weighted by molar-refractivity contribution is 7.10. The van der Waals surface area contributed by atoms with Crippen molar-refractivity contribution in [1.29, 1.82) is 0 Å². The van der Waals surface area contributed by atoms with Gasteiger partial charge in [-0.15, -0.1) is 11.3 Å². The molecule has 2 aliphatic rings. The minimum Gasteiger partial charge on any atom is -0.319 e. The third-order valence-corrected chi connectivity index (χ3v) is 5.14. The van der Waals surface area contributed by atoms with E-state index < -0.39 is 0 Å². The standard InChI is InChI=1S/C14H21N3OS/c1-3-16(2)8-9-17-12(11-5-4-10-19-11)15-14(6-7-14)13(17)18/h4-5,10,12,15H,3,6-9H2,1-2H3. The van der Waals surface area contributed by atoms with Gasteiger partial charge in [0.15, 0.2) is 0 Å². The van der Waals surface area contributed by atoms with Gasteiger partial charge in [0.05, 0.1) is 0 Å². The van der Waals surface area contributed by atoms with Gasteiger partial charge < -0.3 is 9.80 Å². The first-order valence-electron chi connectivity index (χ1n) is 6.97. The molecule has 1 atom stereocenters. The molecule has 2 heterocycles. The van der Waals surface area contributed by atoms with Crippen molar-refractivity contribution in [3.63, 3.8) is 0 Å². The van der Waals surface area contributed by atoms with E-state index >= 15 is 0 Å². The van der Waals surface area contributed by atoms with E-state index in [1.165, 1.54) is 4.88 Å². The second-order valence-electron chi connectivity index (χ2n) is 5.54. The number of hydrogen-bond acceptors (Lipinski definition) is 4. The molecule has 1 aromatic rings. The highest BCUT2D eigenvalue weighted by Crippen LogP contribution is 2.46. The van der Waals surface area contributed by atoms with Gasteiger partial charge >= 0.3 is 0 Å². The normalized spacial score (nSPS) is 24.7. The van der Waals surface area contributed by atoms with Crippen LogP contribution < -0.4 is 5.32 Å². The minimum atomic E-state index is -0.223. The first-order chi connectivity index (χ1) is 9.16. The Labute approximate surface area is 118 Å². The Balaban J connectivity index is 1.75. The third kappa shape index (κ3) is 2.30. The van der Waals surface area contributed by atoms with Crippen LogP contribution in [0.3, 0.4) is 0 Å². The summed E-state index contributed by atoms with van der Waals surface area (Å²) in [5.74, 6) is 0.301. The molecule has 5 heteroatoms. The summed E-state index contributed by atoms with van der Waals surface area (Å²) in [4.78, 5) is 18.1. The van der Waals surface area contributed by atoms with Crippen molar-refractivity contribution in [3.8, 4) is 0 Å². The third-order valence-electron chi connectivity index (χ3n) is 4.22. The predicted octanol–water partition coefficient (Wildman–Crippen LogP) is 1.66. The van der Waals surface area contributed by atoms with Crippen molar-refractivity contribution in [2.24, 2.45) is 0 Å². The van der Waals surface area contributed by atoms with Crippen molar-refractivity contribution in [1.82, 2.24) is 15.1 Å². The van der Waals surface area contributed by atoms with Gasteiger partial charge in [-0.1, -0.05) is 13.0 Å². The van der Waals surface area contributed by atoms with E-state index in [0.29, 0.717) is 5.91 Å². The van der Waals surface area contributed by atoms with E-state index in [2.05, 4.69) is 41.7 Å². The van der Waals surface area contributed by atoms with Crippen LogP contribution in [0.2, 0.25) is 0 Å². The van der Waals surface area contributed by atoms with Crippen molar-refractivity contribution >= 4 is 17.2 Å². The lowest BCUT2D eigenvalue weighted by atomic mass is 10.3.